The van der Waals surface area contributed by atoms with Gasteiger partial charge in [-0.2, -0.15) is 10.1 Å². The third-order valence-electron chi connectivity index (χ3n) is 8.16. The second kappa shape index (κ2) is 8.52. The predicted octanol–water partition coefficient (Wildman–Crippen LogP) is 4.43. The van der Waals surface area contributed by atoms with Crippen molar-refractivity contribution in [3.63, 3.8) is 0 Å². The Morgan fingerprint density at radius 2 is 1.37 bits per heavy atom. The number of nitrogens with zero attached hydrogens (tertiary/aromatic N) is 3. The second-order valence-corrected chi connectivity index (χ2v) is 10.0. The first-order valence-electron chi connectivity index (χ1n) is 12.9. The van der Waals surface area contributed by atoms with Gasteiger partial charge in [-0.05, 0) is 35.2 Å². The van der Waals surface area contributed by atoms with Crippen LogP contribution in [-0.4, -0.2) is 40.2 Å². The summed E-state index contributed by atoms with van der Waals surface area (Å²) in [7, 11) is 0. The van der Waals surface area contributed by atoms with Gasteiger partial charge in [-0.1, -0.05) is 66.7 Å². The summed E-state index contributed by atoms with van der Waals surface area (Å²) >= 11 is 0. The van der Waals surface area contributed by atoms with Crippen LogP contribution in [0.4, 0.5) is 0 Å². The van der Waals surface area contributed by atoms with E-state index in [1.807, 2.05) is 48.5 Å². The van der Waals surface area contributed by atoms with E-state index in [-0.39, 0.29) is 36.2 Å². The van der Waals surface area contributed by atoms with E-state index >= 15 is 0 Å². The first kappa shape index (κ1) is 22.7. The van der Waals surface area contributed by atoms with Crippen LogP contribution in [0, 0.1) is 11.8 Å². The molecule has 0 spiro atoms. The number of imide groups is 1. The number of hydrazone groups is 1. The van der Waals surface area contributed by atoms with Crippen LogP contribution in [0.3, 0.4) is 0 Å². The molecular formula is C31H25N3O4. The molecule has 2 heterocycles. The molecular weight excluding hydrogens is 478 g/mol. The summed E-state index contributed by atoms with van der Waals surface area (Å²) in [6.07, 6.45) is 3.36. The van der Waals surface area contributed by atoms with Gasteiger partial charge >= 0.3 is 5.97 Å². The summed E-state index contributed by atoms with van der Waals surface area (Å²) in [6.45, 7) is 2.14. The molecule has 4 aromatic rings. The Kier molecular flexibility index (Phi) is 5.08. The lowest BCUT2D eigenvalue weighted by atomic mass is 9.55. The van der Waals surface area contributed by atoms with Gasteiger partial charge < -0.3 is 9.30 Å². The van der Waals surface area contributed by atoms with E-state index in [0.29, 0.717) is 6.61 Å². The Morgan fingerprint density at radius 1 is 0.842 bits per heavy atom. The Balaban J connectivity index is 1.26. The fourth-order valence-electron chi connectivity index (χ4n) is 6.75. The number of carbonyl (C=O) groups excluding carboxylic acids is 3. The quantitative estimate of drug-likeness (QED) is 0.229. The zero-order valence-corrected chi connectivity index (χ0v) is 20.8. The maximum Gasteiger partial charge on any atom is 0.325 e. The van der Waals surface area contributed by atoms with Crippen LogP contribution >= 0.6 is 0 Å². The number of para-hydroxylation sites is 1. The van der Waals surface area contributed by atoms with Gasteiger partial charge in [0.05, 0.1) is 24.7 Å². The van der Waals surface area contributed by atoms with Crippen molar-refractivity contribution in [2.24, 2.45) is 16.9 Å². The molecule has 2 unspecified atom stereocenters. The topological polar surface area (TPSA) is 81.0 Å². The summed E-state index contributed by atoms with van der Waals surface area (Å²) in [5.74, 6) is -2.13. The minimum Gasteiger partial charge on any atom is -0.465 e. The van der Waals surface area contributed by atoms with Crippen molar-refractivity contribution in [1.82, 2.24) is 9.58 Å². The lowest BCUT2D eigenvalue weighted by molar-refractivity contribution is -0.144. The predicted molar refractivity (Wildman–Crippen MR) is 142 cm³/mol. The van der Waals surface area contributed by atoms with Crippen molar-refractivity contribution in [3.8, 4) is 0 Å². The van der Waals surface area contributed by atoms with E-state index in [2.05, 4.69) is 29.4 Å². The number of hydrogen-bond donors (Lipinski definition) is 0. The van der Waals surface area contributed by atoms with Gasteiger partial charge in [0.25, 0.3) is 11.8 Å². The molecule has 7 heteroatoms. The van der Waals surface area contributed by atoms with Crippen molar-refractivity contribution in [2.45, 2.75) is 25.3 Å². The SMILES string of the molecule is CCOC(=O)Cn1cc(/C=N/N2C(=O)C3C4c5ccccc5C(c5ccccc54)C3C2=O)c2ccccc21. The average molecular weight is 504 g/mol. The average Bonchev–Trinajstić information content (AvgIpc) is 3.41. The van der Waals surface area contributed by atoms with Crippen molar-refractivity contribution < 1.29 is 19.1 Å². The highest BCUT2D eigenvalue weighted by Crippen LogP contribution is 2.60. The Hall–Kier alpha value is -4.52. The standard InChI is InChI=1S/C31H25N3O4/c1-2-38-25(35)17-33-16-18(19-9-7-8-14-24(19)33)15-32-34-30(36)28-26-20-10-3-4-11-21(20)27(29(28)31(34)37)23-13-6-5-12-22(23)26/h3-16,26-29H,2,17H2,1H3/b32-15+. The van der Waals surface area contributed by atoms with E-state index in [1.165, 1.54) is 0 Å². The minimum atomic E-state index is -0.473. The summed E-state index contributed by atoms with van der Waals surface area (Å²) in [5, 5.41) is 6.41. The minimum absolute atomic E-state index is 0.0633. The van der Waals surface area contributed by atoms with Crippen LogP contribution in [0.25, 0.3) is 10.9 Å². The van der Waals surface area contributed by atoms with Gasteiger partial charge in [-0.3, -0.25) is 14.4 Å². The Morgan fingerprint density at radius 3 is 1.92 bits per heavy atom. The normalized spacial score (nSPS) is 23.1. The van der Waals surface area contributed by atoms with E-state index < -0.39 is 11.8 Å². The summed E-state index contributed by atoms with van der Waals surface area (Å²) in [4.78, 5) is 39.7. The van der Waals surface area contributed by atoms with Crippen LogP contribution in [0.5, 0.6) is 0 Å². The number of hydrogen-bond acceptors (Lipinski definition) is 5. The molecule has 2 bridgehead atoms. The number of esters is 1. The molecule has 38 heavy (non-hydrogen) atoms. The first-order valence-corrected chi connectivity index (χ1v) is 12.9. The van der Waals surface area contributed by atoms with Gasteiger partial charge in [-0.15, -0.1) is 0 Å². The maximum absolute atomic E-state index is 13.8. The van der Waals surface area contributed by atoms with Crippen LogP contribution in [0.2, 0.25) is 0 Å². The number of benzene rings is 3. The monoisotopic (exact) mass is 503 g/mol. The first-order chi connectivity index (χ1) is 18.6. The summed E-state index contributed by atoms with van der Waals surface area (Å²) in [6, 6.07) is 24.0. The van der Waals surface area contributed by atoms with Crippen molar-refractivity contribution in [2.75, 3.05) is 6.61 Å². The van der Waals surface area contributed by atoms with Crippen molar-refractivity contribution in [1.29, 1.82) is 0 Å². The van der Waals surface area contributed by atoms with E-state index in [9.17, 15) is 14.4 Å². The fraction of sp³-hybridized carbons (Fsp3) is 0.226. The molecule has 0 saturated carbocycles. The molecule has 1 aromatic heterocycles. The van der Waals surface area contributed by atoms with Gasteiger partial charge in [0, 0.05) is 34.5 Å². The van der Waals surface area contributed by atoms with E-state index in [0.717, 1.165) is 43.7 Å². The Labute approximate surface area is 219 Å². The van der Waals surface area contributed by atoms with Crippen LogP contribution in [0.15, 0.2) is 84.1 Å². The third-order valence-corrected chi connectivity index (χ3v) is 8.16. The number of rotatable bonds is 5. The molecule has 3 aromatic carbocycles. The largest absolute Gasteiger partial charge is 0.465 e. The van der Waals surface area contributed by atoms with Gasteiger partial charge in [0.2, 0.25) is 0 Å². The molecule has 3 aliphatic carbocycles. The highest BCUT2D eigenvalue weighted by atomic mass is 16.5. The molecule has 7 nitrogen and oxygen atoms in total. The Bertz CT molecular complexity index is 1550. The molecule has 188 valence electrons. The highest BCUT2D eigenvalue weighted by molar-refractivity contribution is 6.09. The molecule has 1 saturated heterocycles. The molecule has 8 rings (SSSR count). The lowest BCUT2D eigenvalue weighted by Crippen LogP contribution is -2.41. The molecule has 0 N–H and O–H groups in total. The smallest absolute Gasteiger partial charge is 0.325 e. The van der Waals surface area contributed by atoms with Crippen LogP contribution in [0.1, 0.15) is 46.6 Å². The maximum atomic E-state index is 13.8. The summed E-state index contributed by atoms with van der Waals surface area (Å²) < 4.78 is 6.92. The van der Waals surface area contributed by atoms with Gasteiger partial charge in [0.15, 0.2) is 0 Å². The van der Waals surface area contributed by atoms with Gasteiger partial charge in [0.1, 0.15) is 6.54 Å². The second-order valence-electron chi connectivity index (χ2n) is 10.0. The zero-order chi connectivity index (χ0) is 26.0. The van der Waals surface area contributed by atoms with E-state index in [4.69, 9.17) is 4.74 Å². The molecule has 1 aliphatic heterocycles. The number of carbonyl (C=O) groups is 3. The van der Waals surface area contributed by atoms with Gasteiger partial charge in [-0.25, -0.2) is 0 Å². The van der Waals surface area contributed by atoms with Crippen LogP contribution in [-0.2, 0) is 25.7 Å². The molecule has 1 fully saturated rings. The molecule has 0 radical (unpaired) electrons. The number of ether oxygens (including phenoxy) is 1. The number of amides is 2. The van der Waals surface area contributed by atoms with Crippen molar-refractivity contribution >= 4 is 34.9 Å². The third kappa shape index (κ3) is 3.14. The zero-order valence-electron chi connectivity index (χ0n) is 20.8. The van der Waals surface area contributed by atoms with Crippen LogP contribution < -0.4 is 0 Å². The number of fused-ring (bicyclic) bond motifs is 1. The van der Waals surface area contributed by atoms with E-state index in [1.54, 1.807) is 23.9 Å². The number of aromatic nitrogens is 1. The fourth-order valence-corrected chi connectivity index (χ4v) is 6.75. The molecule has 4 aliphatic rings. The summed E-state index contributed by atoms with van der Waals surface area (Å²) in [5.41, 5.74) is 6.09. The molecule has 2 atom stereocenters. The van der Waals surface area contributed by atoms with Crippen molar-refractivity contribution in [3.05, 3.63) is 107 Å². The lowest BCUT2D eigenvalue weighted by Gasteiger charge is -2.45. The highest BCUT2D eigenvalue weighted by Gasteiger charge is 2.61. The molecule has 2 amide bonds.